The number of rotatable bonds is 3. The molecule has 0 aromatic rings. The second kappa shape index (κ2) is 4.11. The molecule has 106 valence electrons. The summed E-state index contributed by atoms with van der Waals surface area (Å²) in [5, 5.41) is 16.8. The van der Waals surface area contributed by atoms with Crippen LogP contribution in [0, 0.1) is 29.6 Å². The van der Waals surface area contributed by atoms with Crippen LogP contribution in [-0.4, -0.2) is 23.4 Å². The van der Waals surface area contributed by atoms with E-state index in [1.807, 2.05) is 0 Å². The lowest BCUT2D eigenvalue weighted by Gasteiger charge is -2.58. The minimum Gasteiger partial charge on any atom is -0.370 e. The van der Waals surface area contributed by atoms with Crippen LogP contribution in [0.3, 0.4) is 0 Å². The summed E-state index contributed by atoms with van der Waals surface area (Å²) in [6, 6.07) is -0.165. The Hall–Kier alpha value is -0.770. The Morgan fingerprint density at radius 1 is 1.05 bits per heavy atom. The van der Waals surface area contributed by atoms with Crippen molar-refractivity contribution >= 4 is 6.03 Å². The van der Waals surface area contributed by atoms with Gasteiger partial charge in [0, 0.05) is 18.4 Å². The summed E-state index contributed by atoms with van der Waals surface area (Å²) >= 11 is 0. The van der Waals surface area contributed by atoms with Gasteiger partial charge in [-0.1, -0.05) is 0 Å². The summed E-state index contributed by atoms with van der Waals surface area (Å²) in [5.41, 5.74) is -0.930. The fourth-order valence-electron chi connectivity index (χ4n) is 4.89. The van der Waals surface area contributed by atoms with E-state index in [4.69, 9.17) is 0 Å². The molecule has 5 rings (SSSR count). The van der Waals surface area contributed by atoms with Gasteiger partial charge in [-0.2, -0.15) is 0 Å². The second-order valence-electron chi connectivity index (χ2n) is 7.41. The molecule has 0 spiro atoms. The molecule has 19 heavy (non-hydrogen) atoms. The Kier molecular flexibility index (Phi) is 2.60. The number of carbonyl (C=O) groups excluding carboxylic acids is 1. The van der Waals surface area contributed by atoms with Crippen LogP contribution < -0.4 is 10.6 Å². The monoisotopic (exact) mass is 264 g/mol. The zero-order chi connectivity index (χ0) is 13.0. The molecule has 5 aliphatic carbocycles. The first-order valence-electron chi connectivity index (χ1n) is 7.92. The highest BCUT2D eigenvalue weighted by Crippen LogP contribution is 2.57. The molecule has 0 unspecified atom stereocenters. The first kappa shape index (κ1) is 12.0. The van der Waals surface area contributed by atoms with E-state index in [1.165, 1.54) is 19.3 Å². The standard InChI is InChI=1S/C15H24N2O2/c18-14(16-8-9-1-2-9)17-15(19)12-4-10-3-11(6-12)7-13(15)5-10/h9-13,19H,1-8H2,(H2,16,17,18). The molecule has 2 amide bonds. The van der Waals surface area contributed by atoms with Crippen LogP contribution in [0.1, 0.15) is 44.9 Å². The number of hydrogen-bond donors (Lipinski definition) is 3. The van der Waals surface area contributed by atoms with Gasteiger partial charge in [-0.05, 0) is 62.7 Å². The largest absolute Gasteiger partial charge is 0.370 e. The topological polar surface area (TPSA) is 61.4 Å². The molecule has 0 atom stereocenters. The maximum Gasteiger partial charge on any atom is 0.317 e. The molecule has 4 nitrogen and oxygen atoms in total. The third kappa shape index (κ3) is 2.04. The maximum atomic E-state index is 12.0. The molecular formula is C15H24N2O2. The molecule has 0 saturated heterocycles. The van der Waals surface area contributed by atoms with Crippen LogP contribution in [0.5, 0.6) is 0 Å². The van der Waals surface area contributed by atoms with E-state index in [0.29, 0.717) is 5.92 Å². The highest BCUT2D eigenvalue weighted by atomic mass is 16.3. The zero-order valence-corrected chi connectivity index (χ0v) is 11.4. The lowest BCUT2D eigenvalue weighted by atomic mass is 9.52. The molecule has 0 aromatic carbocycles. The van der Waals surface area contributed by atoms with Crippen LogP contribution in [0.4, 0.5) is 4.79 Å². The van der Waals surface area contributed by atoms with Crippen LogP contribution in [0.25, 0.3) is 0 Å². The second-order valence-corrected chi connectivity index (χ2v) is 7.41. The van der Waals surface area contributed by atoms with Crippen LogP contribution in [-0.2, 0) is 0 Å². The van der Waals surface area contributed by atoms with Crippen LogP contribution >= 0.6 is 0 Å². The summed E-state index contributed by atoms with van der Waals surface area (Å²) in [4.78, 5) is 12.0. The number of hydrogen-bond acceptors (Lipinski definition) is 2. The molecule has 5 fully saturated rings. The van der Waals surface area contributed by atoms with E-state index < -0.39 is 5.72 Å². The molecule has 0 heterocycles. The predicted octanol–water partition coefficient (Wildman–Crippen LogP) is 1.84. The molecule has 3 N–H and O–H groups in total. The number of amides is 2. The normalized spacial score (nSPS) is 47.2. The van der Waals surface area contributed by atoms with Gasteiger partial charge in [-0.25, -0.2) is 4.79 Å². The smallest absolute Gasteiger partial charge is 0.317 e. The van der Waals surface area contributed by atoms with E-state index in [0.717, 1.165) is 44.1 Å². The van der Waals surface area contributed by atoms with E-state index in [1.54, 1.807) is 0 Å². The van der Waals surface area contributed by atoms with E-state index >= 15 is 0 Å². The van der Waals surface area contributed by atoms with Crippen molar-refractivity contribution in [3.63, 3.8) is 0 Å². The minimum absolute atomic E-state index is 0.165. The SMILES string of the molecule is O=C(NCC1CC1)NC1(O)C2CC3CC(C2)CC1C3. The molecule has 0 aromatic heterocycles. The van der Waals surface area contributed by atoms with Gasteiger partial charge in [0.25, 0.3) is 0 Å². The Morgan fingerprint density at radius 2 is 1.63 bits per heavy atom. The van der Waals surface area contributed by atoms with Crippen molar-refractivity contribution in [1.82, 2.24) is 10.6 Å². The fourth-order valence-corrected chi connectivity index (χ4v) is 4.89. The van der Waals surface area contributed by atoms with Gasteiger partial charge in [0.15, 0.2) is 0 Å². The summed E-state index contributed by atoms with van der Waals surface area (Å²) in [6.45, 7) is 0.766. The quantitative estimate of drug-likeness (QED) is 0.681. The van der Waals surface area contributed by atoms with Crippen molar-refractivity contribution in [3.8, 4) is 0 Å². The number of carbonyl (C=O) groups is 1. The van der Waals surface area contributed by atoms with Crippen molar-refractivity contribution in [3.05, 3.63) is 0 Å². The molecule has 4 heteroatoms. The van der Waals surface area contributed by atoms with Crippen molar-refractivity contribution in [2.75, 3.05) is 6.54 Å². The molecule has 5 aliphatic rings. The Balaban J connectivity index is 1.42. The number of urea groups is 1. The zero-order valence-electron chi connectivity index (χ0n) is 11.4. The first-order valence-corrected chi connectivity index (χ1v) is 7.92. The predicted molar refractivity (Wildman–Crippen MR) is 71.3 cm³/mol. The van der Waals surface area contributed by atoms with Crippen LogP contribution in [0.2, 0.25) is 0 Å². The van der Waals surface area contributed by atoms with Crippen molar-refractivity contribution in [2.45, 2.75) is 50.7 Å². The highest BCUT2D eigenvalue weighted by Gasteiger charge is 2.57. The van der Waals surface area contributed by atoms with E-state index in [2.05, 4.69) is 10.6 Å². The summed E-state index contributed by atoms with van der Waals surface area (Å²) in [6.07, 6.45) is 8.24. The molecule has 5 saturated carbocycles. The molecule has 0 radical (unpaired) electrons. The van der Waals surface area contributed by atoms with Gasteiger partial charge in [-0.3, -0.25) is 0 Å². The van der Waals surface area contributed by atoms with Crippen molar-refractivity contribution in [2.24, 2.45) is 29.6 Å². The first-order chi connectivity index (χ1) is 9.13. The maximum absolute atomic E-state index is 12.0. The lowest BCUT2D eigenvalue weighted by molar-refractivity contribution is -0.183. The number of aliphatic hydroxyl groups is 1. The summed E-state index contributed by atoms with van der Waals surface area (Å²) in [7, 11) is 0. The van der Waals surface area contributed by atoms with Crippen molar-refractivity contribution < 1.29 is 9.90 Å². The molecule has 0 aliphatic heterocycles. The third-order valence-electron chi connectivity index (χ3n) is 5.94. The van der Waals surface area contributed by atoms with Gasteiger partial charge >= 0.3 is 6.03 Å². The minimum atomic E-state index is -0.930. The Bertz CT molecular complexity index is 364. The number of nitrogens with one attached hydrogen (secondary N) is 2. The average Bonchev–Trinajstić information content (AvgIpc) is 3.17. The average molecular weight is 264 g/mol. The third-order valence-corrected chi connectivity index (χ3v) is 5.94. The van der Waals surface area contributed by atoms with Gasteiger partial charge in [0.2, 0.25) is 0 Å². The lowest BCUT2D eigenvalue weighted by Crippen LogP contribution is -2.67. The molecular weight excluding hydrogens is 240 g/mol. The summed E-state index contributed by atoms with van der Waals surface area (Å²) < 4.78 is 0. The molecule has 4 bridgehead atoms. The van der Waals surface area contributed by atoms with Gasteiger partial charge in [0.1, 0.15) is 5.72 Å². The Morgan fingerprint density at radius 3 is 2.16 bits per heavy atom. The van der Waals surface area contributed by atoms with E-state index in [-0.39, 0.29) is 17.9 Å². The summed E-state index contributed by atoms with van der Waals surface area (Å²) in [5.74, 6) is 2.86. The van der Waals surface area contributed by atoms with Gasteiger partial charge in [0.05, 0.1) is 0 Å². The van der Waals surface area contributed by atoms with Crippen molar-refractivity contribution in [1.29, 1.82) is 0 Å². The van der Waals surface area contributed by atoms with E-state index in [9.17, 15) is 9.90 Å². The highest BCUT2D eigenvalue weighted by molar-refractivity contribution is 5.74. The van der Waals surface area contributed by atoms with Crippen LogP contribution in [0.15, 0.2) is 0 Å². The fraction of sp³-hybridized carbons (Fsp3) is 0.933. The Labute approximate surface area is 114 Å². The van der Waals surface area contributed by atoms with Gasteiger partial charge in [-0.15, -0.1) is 0 Å². The van der Waals surface area contributed by atoms with Gasteiger partial charge < -0.3 is 15.7 Å².